The Morgan fingerprint density at radius 3 is 2.44 bits per heavy atom. The van der Waals surface area contributed by atoms with Gasteiger partial charge in [-0.2, -0.15) is 0 Å². The summed E-state index contributed by atoms with van der Waals surface area (Å²) in [5.74, 6) is -0.532. The number of nitrogens with zero attached hydrogens (tertiary/aromatic N) is 6. The molecule has 0 saturated heterocycles. The number of hydrogen-bond acceptors (Lipinski definition) is 7. The fourth-order valence-corrected chi connectivity index (χ4v) is 4.67. The van der Waals surface area contributed by atoms with E-state index < -0.39 is 28.7 Å². The van der Waals surface area contributed by atoms with Crippen LogP contribution in [0.25, 0.3) is 22.1 Å². The van der Waals surface area contributed by atoms with Crippen molar-refractivity contribution in [3.63, 3.8) is 0 Å². The Hall–Kier alpha value is -4.51. The van der Waals surface area contributed by atoms with Crippen molar-refractivity contribution in [3.05, 3.63) is 91.7 Å². The third-order valence-electron chi connectivity index (χ3n) is 6.23. The van der Waals surface area contributed by atoms with Gasteiger partial charge in [-0.3, -0.25) is 23.7 Å². The normalized spacial score (nSPS) is 11.8. The number of hydrogen-bond donors (Lipinski definition) is 0. The van der Waals surface area contributed by atoms with E-state index in [9.17, 15) is 19.2 Å². The molecule has 11 nitrogen and oxygen atoms in total. The molecule has 5 aromatic rings. The summed E-state index contributed by atoms with van der Waals surface area (Å²) in [6, 6.07) is 11.6. The lowest BCUT2D eigenvalue weighted by Gasteiger charge is -2.21. The molecular weight excluding hydrogens is 524 g/mol. The average molecular weight is 549 g/mol. The van der Waals surface area contributed by atoms with Crippen LogP contribution in [0.15, 0.2) is 58.3 Å². The van der Waals surface area contributed by atoms with Gasteiger partial charge in [0.1, 0.15) is 11.3 Å². The number of aromatic nitrogens is 6. The molecule has 0 amide bonds. The molecule has 0 saturated carbocycles. The van der Waals surface area contributed by atoms with Crippen molar-refractivity contribution >= 4 is 45.5 Å². The van der Waals surface area contributed by atoms with Gasteiger partial charge in [-0.25, -0.2) is 19.1 Å². The second kappa shape index (κ2) is 9.35. The molecule has 5 rings (SSSR count). The molecule has 0 N–H and O–H groups in total. The molecule has 4 aromatic heterocycles. The number of pyridine rings is 1. The summed E-state index contributed by atoms with van der Waals surface area (Å²) in [7, 11) is 2.99. The first kappa shape index (κ1) is 26.1. The van der Waals surface area contributed by atoms with Gasteiger partial charge in [-0.1, -0.05) is 23.7 Å². The SMILES string of the molecule is Cn1c(C(=O)c2ccccn2)nc2c1c(=O)n(Cc1cc3c(Cl)cccc3n1C(=O)OC(C)(C)C)c(=O)n2C. The van der Waals surface area contributed by atoms with Crippen LogP contribution in [0.3, 0.4) is 0 Å². The van der Waals surface area contributed by atoms with Crippen LogP contribution in [-0.2, 0) is 25.4 Å². The number of imidazole rings is 1. The average Bonchev–Trinajstić information content (AvgIpc) is 3.43. The van der Waals surface area contributed by atoms with Crippen molar-refractivity contribution in [2.45, 2.75) is 32.9 Å². The highest BCUT2D eigenvalue weighted by Gasteiger charge is 2.26. The van der Waals surface area contributed by atoms with Crippen molar-refractivity contribution in [1.82, 2.24) is 28.2 Å². The molecule has 0 bridgehead atoms. The third kappa shape index (κ3) is 4.44. The molecule has 12 heteroatoms. The smallest absolute Gasteiger partial charge is 0.419 e. The molecule has 0 aliphatic carbocycles. The minimum atomic E-state index is -0.791. The number of rotatable bonds is 4. The van der Waals surface area contributed by atoms with Gasteiger partial charge in [-0.05, 0) is 51.1 Å². The first-order chi connectivity index (χ1) is 18.4. The number of halogens is 1. The van der Waals surface area contributed by atoms with E-state index in [0.29, 0.717) is 21.6 Å². The first-order valence-electron chi connectivity index (χ1n) is 12.0. The minimum absolute atomic E-state index is 0.0387. The minimum Gasteiger partial charge on any atom is -0.443 e. The molecule has 0 fully saturated rings. The molecule has 0 radical (unpaired) electrons. The van der Waals surface area contributed by atoms with Crippen LogP contribution in [0.5, 0.6) is 0 Å². The van der Waals surface area contributed by atoms with Gasteiger partial charge in [-0.15, -0.1) is 0 Å². The van der Waals surface area contributed by atoms with E-state index in [1.165, 1.54) is 34.0 Å². The zero-order chi connectivity index (χ0) is 28.2. The Labute approximate surface area is 226 Å². The van der Waals surface area contributed by atoms with E-state index in [1.807, 2.05) is 0 Å². The van der Waals surface area contributed by atoms with Crippen molar-refractivity contribution < 1.29 is 14.3 Å². The predicted molar refractivity (Wildman–Crippen MR) is 146 cm³/mol. The molecule has 0 aliphatic heterocycles. The molecule has 0 aliphatic rings. The Kier molecular flexibility index (Phi) is 6.26. The molecule has 200 valence electrons. The maximum atomic E-state index is 13.7. The summed E-state index contributed by atoms with van der Waals surface area (Å²) in [5.41, 5.74) is -1.09. The standard InChI is InChI=1S/C27H25ClN6O5/c1-27(2,3)39-26(38)34-15(13-16-17(28)9-8-11-19(16)34)14-33-24(36)20-22(32(5)25(33)37)30-23(31(20)4)21(35)18-10-6-7-12-29-18/h6-13H,14H2,1-5H3. The summed E-state index contributed by atoms with van der Waals surface area (Å²) in [5, 5.41) is 0.964. The fourth-order valence-electron chi connectivity index (χ4n) is 4.45. The quantitative estimate of drug-likeness (QED) is 0.315. The van der Waals surface area contributed by atoms with Crippen molar-refractivity contribution in [2.24, 2.45) is 14.1 Å². The zero-order valence-electron chi connectivity index (χ0n) is 21.9. The topological polar surface area (TPSA) is 123 Å². The highest BCUT2D eigenvalue weighted by atomic mass is 35.5. The number of carbonyl (C=O) groups is 2. The summed E-state index contributed by atoms with van der Waals surface area (Å²) >= 11 is 6.40. The Bertz CT molecular complexity index is 1910. The van der Waals surface area contributed by atoms with Gasteiger partial charge in [0.15, 0.2) is 17.0 Å². The molecule has 39 heavy (non-hydrogen) atoms. The Morgan fingerprint density at radius 1 is 1.03 bits per heavy atom. The van der Waals surface area contributed by atoms with Gasteiger partial charge in [0.2, 0.25) is 5.78 Å². The van der Waals surface area contributed by atoms with Crippen LogP contribution in [-0.4, -0.2) is 45.7 Å². The molecule has 1 aromatic carbocycles. The second-order valence-corrected chi connectivity index (χ2v) is 10.5. The lowest BCUT2D eigenvalue weighted by Crippen LogP contribution is -2.40. The molecule has 0 atom stereocenters. The summed E-state index contributed by atoms with van der Waals surface area (Å²) in [6.45, 7) is 4.96. The van der Waals surface area contributed by atoms with E-state index >= 15 is 0 Å². The maximum Gasteiger partial charge on any atom is 0.419 e. The lowest BCUT2D eigenvalue weighted by molar-refractivity contribution is 0.0539. The molecule has 0 spiro atoms. The summed E-state index contributed by atoms with van der Waals surface area (Å²) in [6.07, 6.45) is 0.804. The van der Waals surface area contributed by atoms with Crippen LogP contribution < -0.4 is 11.2 Å². The van der Waals surface area contributed by atoms with Crippen LogP contribution in [0.1, 0.15) is 42.8 Å². The van der Waals surface area contributed by atoms with Crippen molar-refractivity contribution in [1.29, 1.82) is 0 Å². The van der Waals surface area contributed by atoms with E-state index in [-0.39, 0.29) is 29.2 Å². The van der Waals surface area contributed by atoms with Crippen LogP contribution >= 0.6 is 11.6 Å². The number of ketones is 1. The van der Waals surface area contributed by atoms with E-state index in [1.54, 1.807) is 63.2 Å². The van der Waals surface area contributed by atoms with E-state index in [0.717, 1.165) is 4.57 Å². The number of fused-ring (bicyclic) bond motifs is 2. The highest BCUT2D eigenvalue weighted by molar-refractivity contribution is 6.35. The monoisotopic (exact) mass is 548 g/mol. The van der Waals surface area contributed by atoms with E-state index in [4.69, 9.17) is 16.3 Å². The lowest BCUT2D eigenvalue weighted by atomic mass is 10.2. The van der Waals surface area contributed by atoms with Crippen LogP contribution in [0, 0.1) is 0 Å². The number of aryl methyl sites for hydroxylation is 2. The van der Waals surface area contributed by atoms with Gasteiger partial charge < -0.3 is 9.30 Å². The maximum absolute atomic E-state index is 13.7. The predicted octanol–water partition coefficient (Wildman–Crippen LogP) is 3.50. The summed E-state index contributed by atoms with van der Waals surface area (Å²) in [4.78, 5) is 61.8. The zero-order valence-corrected chi connectivity index (χ0v) is 22.7. The van der Waals surface area contributed by atoms with Crippen molar-refractivity contribution in [2.75, 3.05) is 0 Å². The Balaban J connectivity index is 1.69. The Morgan fingerprint density at radius 2 is 1.77 bits per heavy atom. The first-order valence-corrected chi connectivity index (χ1v) is 12.4. The van der Waals surface area contributed by atoms with E-state index in [2.05, 4.69) is 9.97 Å². The highest BCUT2D eigenvalue weighted by Crippen LogP contribution is 2.28. The number of ether oxygens (including phenoxy) is 1. The largest absolute Gasteiger partial charge is 0.443 e. The van der Waals surface area contributed by atoms with Crippen LogP contribution in [0.4, 0.5) is 4.79 Å². The van der Waals surface area contributed by atoms with Gasteiger partial charge in [0.25, 0.3) is 5.56 Å². The van der Waals surface area contributed by atoms with Crippen molar-refractivity contribution in [3.8, 4) is 0 Å². The molecule has 0 unspecified atom stereocenters. The second-order valence-electron chi connectivity index (χ2n) is 10.1. The van der Waals surface area contributed by atoms with Gasteiger partial charge >= 0.3 is 11.8 Å². The van der Waals surface area contributed by atoms with Gasteiger partial charge in [0.05, 0.1) is 17.8 Å². The molecular formula is C27H25ClN6O5. The number of carbonyl (C=O) groups excluding carboxylic acids is 2. The number of benzene rings is 1. The third-order valence-corrected chi connectivity index (χ3v) is 6.56. The fraction of sp³-hybridized carbons (Fsp3) is 0.259. The summed E-state index contributed by atoms with van der Waals surface area (Å²) < 4.78 is 10.4. The van der Waals surface area contributed by atoms with Gasteiger partial charge in [0, 0.05) is 30.7 Å². The van der Waals surface area contributed by atoms with Crippen LogP contribution in [0.2, 0.25) is 5.02 Å². The molecule has 4 heterocycles.